The number of nitrogen functional groups attached to an aromatic ring is 1. The summed E-state index contributed by atoms with van der Waals surface area (Å²) in [5, 5.41) is 5.59. The lowest BCUT2D eigenvalue weighted by Crippen LogP contribution is -2.20. The van der Waals surface area contributed by atoms with Crippen LogP contribution in [0, 0.1) is 0 Å². The summed E-state index contributed by atoms with van der Waals surface area (Å²) in [5.74, 6) is 0.456. The van der Waals surface area contributed by atoms with E-state index in [2.05, 4.69) is 17.0 Å². The van der Waals surface area contributed by atoms with Crippen molar-refractivity contribution in [2.24, 2.45) is 5.10 Å². The van der Waals surface area contributed by atoms with Crippen molar-refractivity contribution in [3.63, 3.8) is 0 Å². The molecule has 0 spiro atoms. The van der Waals surface area contributed by atoms with Gasteiger partial charge in [-0.15, -0.1) is 0 Å². The number of pyridine rings is 1. The van der Waals surface area contributed by atoms with Gasteiger partial charge in [-0.2, -0.15) is 10.1 Å². The van der Waals surface area contributed by atoms with Crippen molar-refractivity contribution in [1.82, 2.24) is 4.98 Å². The molecule has 84 valence electrons. The van der Waals surface area contributed by atoms with E-state index in [4.69, 9.17) is 5.73 Å². The first kappa shape index (κ1) is 10.6. The number of hydrogen-bond donors (Lipinski definition) is 1. The molecular weight excluding hydrogens is 204 g/mol. The first-order valence-corrected chi connectivity index (χ1v) is 5.31. The predicted octanol–water partition coefficient (Wildman–Crippen LogP) is 1.56. The molecule has 0 bridgehead atoms. The molecule has 1 aromatic heterocycles. The number of anilines is 2. The van der Waals surface area contributed by atoms with Crippen molar-refractivity contribution in [3.05, 3.63) is 18.3 Å². The third-order valence-corrected chi connectivity index (χ3v) is 2.36. The lowest BCUT2D eigenvalue weighted by atomic mass is 10.2. The van der Waals surface area contributed by atoms with Crippen LogP contribution in [-0.2, 0) is 4.79 Å². The Bertz CT molecular complexity index is 441. The number of hydrogen-bond acceptors (Lipinski definition) is 4. The van der Waals surface area contributed by atoms with Gasteiger partial charge in [-0.3, -0.25) is 4.79 Å². The Balaban J connectivity index is 2.24. The van der Waals surface area contributed by atoms with E-state index in [0.29, 0.717) is 17.9 Å². The van der Waals surface area contributed by atoms with Crippen LogP contribution in [0.4, 0.5) is 11.5 Å². The SMILES string of the molecule is CCCC1=NN(c2cc(N)ccn2)C(=O)C1. The number of carbonyl (C=O) groups excluding carboxylic acids is 1. The quantitative estimate of drug-likeness (QED) is 0.836. The summed E-state index contributed by atoms with van der Waals surface area (Å²) in [7, 11) is 0. The third kappa shape index (κ3) is 2.03. The van der Waals surface area contributed by atoms with Crippen molar-refractivity contribution >= 4 is 23.1 Å². The molecule has 0 atom stereocenters. The van der Waals surface area contributed by atoms with E-state index < -0.39 is 0 Å². The smallest absolute Gasteiger partial charge is 0.254 e. The average molecular weight is 218 g/mol. The van der Waals surface area contributed by atoms with Crippen LogP contribution in [0.5, 0.6) is 0 Å². The lowest BCUT2D eigenvalue weighted by molar-refractivity contribution is -0.116. The summed E-state index contributed by atoms with van der Waals surface area (Å²) < 4.78 is 0. The molecule has 0 saturated carbocycles. The van der Waals surface area contributed by atoms with Gasteiger partial charge in [-0.1, -0.05) is 13.3 Å². The van der Waals surface area contributed by atoms with Gasteiger partial charge in [-0.05, 0) is 12.5 Å². The second-order valence-corrected chi connectivity index (χ2v) is 3.75. The van der Waals surface area contributed by atoms with Crippen LogP contribution in [0.15, 0.2) is 23.4 Å². The van der Waals surface area contributed by atoms with Crippen LogP contribution >= 0.6 is 0 Å². The Morgan fingerprint density at radius 2 is 2.38 bits per heavy atom. The number of carbonyl (C=O) groups is 1. The topological polar surface area (TPSA) is 71.6 Å². The van der Waals surface area contributed by atoms with Gasteiger partial charge in [0, 0.05) is 23.7 Å². The molecule has 0 aromatic carbocycles. The Morgan fingerprint density at radius 3 is 3.06 bits per heavy atom. The van der Waals surface area contributed by atoms with Gasteiger partial charge in [0.05, 0.1) is 6.42 Å². The van der Waals surface area contributed by atoms with Crippen molar-refractivity contribution in [2.75, 3.05) is 10.7 Å². The maximum atomic E-state index is 11.7. The van der Waals surface area contributed by atoms with Crippen LogP contribution in [0.1, 0.15) is 26.2 Å². The van der Waals surface area contributed by atoms with E-state index in [-0.39, 0.29) is 5.91 Å². The van der Waals surface area contributed by atoms with E-state index in [1.165, 1.54) is 5.01 Å². The van der Waals surface area contributed by atoms with Gasteiger partial charge in [0.2, 0.25) is 0 Å². The second-order valence-electron chi connectivity index (χ2n) is 3.75. The van der Waals surface area contributed by atoms with Crippen LogP contribution in [0.3, 0.4) is 0 Å². The van der Waals surface area contributed by atoms with Gasteiger partial charge in [0.1, 0.15) is 0 Å². The number of rotatable bonds is 3. The van der Waals surface area contributed by atoms with E-state index in [1.807, 2.05) is 0 Å². The molecule has 2 N–H and O–H groups in total. The minimum Gasteiger partial charge on any atom is -0.399 e. The summed E-state index contributed by atoms with van der Waals surface area (Å²) >= 11 is 0. The average Bonchev–Trinajstić information content (AvgIpc) is 2.60. The maximum absolute atomic E-state index is 11.7. The molecule has 1 amide bonds. The molecule has 0 aliphatic carbocycles. The van der Waals surface area contributed by atoms with E-state index in [0.717, 1.165) is 18.6 Å². The minimum atomic E-state index is -0.0402. The van der Waals surface area contributed by atoms with Crippen molar-refractivity contribution in [2.45, 2.75) is 26.2 Å². The number of hydrazone groups is 1. The Labute approximate surface area is 94.0 Å². The third-order valence-electron chi connectivity index (χ3n) is 2.36. The standard InChI is InChI=1S/C11H14N4O/c1-2-3-9-7-11(16)15(14-9)10-6-8(12)4-5-13-10/h4-6H,2-3,7H2,1H3,(H2,12,13). The van der Waals surface area contributed by atoms with Crippen LogP contribution in [0.2, 0.25) is 0 Å². The van der Waals surface area contributed by atoms with Crippen LogP contribution in [0.25, 0.3) is 0 Å². The normalized spacial score (nSPS) is 15.4. The number of nitrogens with two attached hydrogens (primary N) is 1. The highest BCUT2D eigenvalue weighted by Gasteiger charge is 2.25. The van der Waals surface area contributed by atoms with Crippen molar-refractivity contribution < 1.29 is 4.79 Å². The first-order chi connectivity index (χ1) is 7.70. The molecule has 0 radical (unpaired) electrons. The number of nitrogens with zero attached hydrogens (tertiary/aromatic N) is 3. The highest BCUT2D eigenvalue weighted by molar-refractivity contribution is 6.12. The summed E-state index contributed by atoms with van der Waals surface area (Å²) in [5.41, 5.74) is 7.13. The first-order valence-electron chi connectivity index (χ1n) is 5.31. The zero-order valence-corrected chi connectivity index (χ0v) is 9.18. The highest BCUT2D eigenvalue weighted by atomic mass is 16.2. The fourth-order valence-corrected chi connectivity index (χ4v) is 1.64. The Morgan fingerprint density at radius 1 is 1.56 bits per heavy atom. The molecule has 1 aromatic rings. The Kier molecular flexibility index (Phi) is 2.85. The molecule has 5 nitrogen and oxygen atoms in total. The van der Waals surface area contributed by atoms with E-state index in [1.54, 1.807) is 18.3 Å². The Hall–Kier alpha value is -1.91. The zero-order valence-electron chi connectivity index (χ0n) is 9.18. The predicted molar refractivity (Wildman–Crippen MR) is 63.1 cm³/mol. The van der Waals surface area contributed by atoms with Gasteiger partial charge in [0.25, 0.3) is 5.91 Å². The molecule has 5 heteroatoms. The molecule has 16 heavy (non-hydrogen) atoms. The van der Waals surface area contributed by atoms with Gasteiger partial charge in [-0.25, -0.2) is 4.98 Å². The summed E-state index contributed by atoms with van der Waals surface area (Å²) in [6.45, 7) is 2.06. The lowest BCUT2D eigenvalue weighted by Gasteiger charge is -2.10. The minimum absolute atomic E-state index is 0.0402. The van der Waals surface area contributed by atoms with E-state index in [9.17, 15) is 4.79 Å². The molecule has 1 aliphatic rings. The number of aromatic nitrogens is 1. The van der Waals surface area contributed by atoms with Crippen molar-refractivity contribution in [3.8, 4) is 0 Å². The largest absolute Gasteiger partial charge is 0.399 e. The summed E-state index contributed by atoms with van der Waals surface area (Å²) in [6.07, 6.45) is 3.81. The number of amides is 1. The molecule has 0 fully saturated rings. The monoisotopic (exact) mass is 218 g/mol. The van der Waals surface area contributed by atoms with Crippen molar-refractivity contribution in [1.29, 1.82) is 0 Å². The van der Waals surface area contributed by atoms with Crippen LogP contribution < -0.4 is 10.7 Å². The molecule has 1 aliphatic heterocycles. The van der Waals surface area contributed by atoms with Crippen LogP contribution in [-0.4, -0.2) is 16.6 Å². The molecule has 0 saturated heterocycles. The summed E-state index contributed by atoms with van der Waals surface area (Å²) in [6, 6.07) is 3.33. The second kappa shape index (κ2) is 4.30. The van der Waals surface area contributed by atoms with E-state index >= 15 is 0 Å². The van der Waals surface area contributed by atoms with Gasteiger partial charge < -0.3 is 5.73 Å². The highest BCUT2D eigenvalue weighted by Crippen LogP contribution is 2.20. The maximum Gasteiger partial charge on any atom is 0.254 e. The van der Waals surface area contributed by atoms with Gasteiger partial charge >= 0.3 is 0 Å². The molecule has 0 unspecified atom stereocenters. The molecular formula is C11H14N4O. The summed E-state index contributed by atoms with van der Waals surface area (Å²) in [4.78, 5) is 15.8. The molecule has 2 heterocycles. The fourth-order valence-electron chi connectivity index (χ4n) is 1.64. The zero-order chi connectivity index (χ0) is 11.5. The molecule has 2 rings (SSSR count). The fraction of sp³-hybridized carbons (Fsp3) is 0.364. The van der Waals surface area contributed by atoms with Gasteiger partial charge in [0.15, 0.2) is 5.82 Å².